The minimum atomic E-state index is -0.155. The zero-order valence-corrected chi connectivity index (χ0v) is 9.88. The van der Waals surface area contributed by atoms with Gasteiger partial charge in [0.1, 0.15) is 5.82 Å². The number of nitrogens with one attached hydrogen (secondary N) is 1. The third-order valence-corrected chi connectivity index (χ3v) is 3.32. The van der Waals surface area contributed by atoms with E-state index in [0.29, 0.717) is 5.92 Å². The molecule has 1 aromatic rings. The molecule has 0 heterocycles. The van der Waals surface area contributed by atoms with Crippen LogP contribution in [0.25, 0.3) is 0 Å². The Hall–Kier alpha value is -0.890. The highest BCUT2D eigenvalue weighted by atomic mass is 19.1. The fourth-order valence-electron chi connectivity index (χ4n) is 1.94. The molecule has 0 bridgehead atoms. The predicted molar refractivity (Wildman–Crippen MR) is 65.0 cm³/mol. The highest BCUT2D eigenvalue weighted by Gasteiger charge is 2.20. The van der Waals surface area contributed by atoms with E-state index in [-0.39, 0.29) is 5.82 Å². The summed E-state index contributed by atoms with van der Waals surface area (Å²) in [5.74, 6) is 1.30. The van der Waals surface area contributed by atoms with Gasteiger partial charge in [0.2, 0.25) is 0 Å². The van der Waals surface area contributed by atoms with Gasteiger partial charge in [-0.3, -0.25) is 0 Å². The maximum absolute atomic E-state index is 12.7. The van der Waals surface area contributed by atoms with Crippen LogP contribution in [-0.4, -0.2) is 13.1 Å². The van der Waals surface area contributed by atoms with Gasteiger partial charge in [-0.15, -0.1) is 0 Å². The van der Waals surface area contributed by atoms with E-state index >= 15 is 0 Å². The molecule has 0 aliphatic heterocycles. The van der Waals surface area contributed by atoms with Crippen molar-refractivity contribution in [3.05, 3.63) is 35.6 Å². The van der Waals surface area contributed by atoms with Crippen LogP contribution in [-0.2, 0) is 0 Å². The summed E-state index contributed by atoms with van der Waals surface area (Å²) in [4.78, 5) is 0. The van der Waals surface area contributed by atoms with Crippen LogP contribution in [0.15, 0.2) is 24.3 Å². The molecule has 1 aliphatic rings. The third kappa shape index (κ3) is 3.60. The second-order valence-electron chi connectivity index (χ2n) is 4.89. The quantitative estimate of drug-likeness (QED) is 0.727. The Morgan fingerprint density at radius 3 is 2.62 bits per heavy atom. The first-order valence-electron chi connectivity index (χ1n) is 6.22. The van der Waals surface area contributed by atoms with Gasteiger partial charge < -0.3 is 5.32 Å². The van der Waals surface area contributed by atoms with Gasteiger partial charge in [0.25, 0.3) is 0 Å². The first kappa shape index (κ1) is 11.6. The minimum absolute atomic E-state index is 0.155. The molecule has 2 heteroatoms. The maximum atomic E-state index is 12.7. The van der Waals surface area contributed by atoms with Gasteiger partial charge in [-0.25, -0.2) is 4.39 Å². The smallest absolute Gasteiger partial charge is 0.123 e. The average Bonchev–Trinajstić information content (AvgIpc) is 3.09. The van der Waals surface area contributed by atoms with Crippen LogP contribution < -0.4 is 5.32 Å². The summed E-state index contributed by atoms with van der Waals surface area (Å²) in [7, 11) is 0. The lowest BCUT2D eigenvalue weighted by Crippen LogP contribution is -2.21. The topological polar surface area (TPSA) is 12.0 Å². The van der Waals surface area contributed by atoms with Gasteiger partial charge in [-0.1, -0.05) is 31.9 Å². The Kier molecular flexibility index (Phi) is 3.94. The fraction of sp³-hybridized carbons (Fsp3) is 0.571. The summed E-state index contributed by atoms with van der Waals surface area (Å²) in [6.45, 7) is 4.28. The van der Waals surface area contributed by atoms with E-state index in [9.17, 15) is 4.39 Å². The molecule has 2 rings (SSSR count). The molecule has 1 unspecified atom stereocenters. The van der Waals surface area contributed by atoms with E-state index in [2.05, 4.69) is 12.2 Å². The minimum Gasteiger partial charge on any atom is -0.316 e. The molecule has 88 valence electrons. The maximum Gasteiger partial charge on any atom is 0.123 e. The highest BCUT2D eigenvalue weighted by molar-refractivity contribution is 5.20. The number of rotatable bonds is 6. The molecule has 16 heavy (non-hydrogen) atoms. The molecule has 0 radical (unpaired) electrons. The van der Waals surface area contributed by atoms with E-state index in [1.807, 2.05) is 12.1 Å². The average molecular weight is 221 g/mol. The number of halogens is 1. The normalized spacial score (nSPS) is 17.4. The van der Waals surface area contributed by atoms with Crippen molar-refractivity contribution in [2.75, 3.05) is 13.1 Å². The van der Waals surface area contributed by atoms with Crippen molar-refractivity contribution in [3.63, 3.8) is 0 Å². The Bertz CT molecular complexity index is 316. The van der Waals surface area contributed by atoms with Gasteiger partial charge in [-0.2, -0.15) is 0 Å². The molecule has 1 aliphatic carbocycles. The predicted octanol–water partition coefficient (Wildman–Crippen LogP) is 3.32. The molecule has 0 amide bonds. The molecule has 1 aromatic carbocycles. The number of hydrogen-bond acceptors (Lipinski definition) is 1. The first-order valence-corrected chi connectivity index (χ1v) is 6.22. The van der Waals surface area contributed by atoms with Gasteiger partial charge in [0, 0.05) is 6.54 Å². The van der Waals surface area contributed by atoms with Crippen molar-refractivity contribution in [1.82, 2.24) is 5.32 Å². The Balaban J connectivity index is 1.69. The number of hydrogen-bond donors (Lipinski definition) is 1. The van der Waals surface area contributed by atoms with Gasteiger partial charge >= 0.3 is 0 Å². The molecule has 0 aromatic heterocycles. The Labute approximate surface area is 97.1 Å². The first-order chi connectivity index (χ1) is 7.75. The molecule has 0 saturated heterocycles. The SMILES string of the molecule is CC(CNCCC1CC1)c1ccc(F)cc1. The van der Waals surface area contributed by atoms with Gasteiger partial charge in [0.15, 0.2) is 0 Å². The Morgan fingerprint density at radius 1 is 1.31 bits per heavy atom. The summed E-state index contributed by atoms with van der Waals surface area (Å²) in [6.07, 6.45) is 4.17. The molecule has 1 N–H and O–H groups in total. The summed E-state index contributed by atoms with van der Waals surface area (Å²) in [5.41, 5.74) is 1.21. The lowest BCUT2D eigenvalue weighted by Gasteiger charge is -2.12. The standard InChI is InChI=1S/C14H20FN/c1-11(10-16-9-8-12-2-3-12)13-4-6-14(15)7-5-13/h4-7,11-12,16H,2-3,8-10H2,1H3. The van der Waals surface area contributed by atoms with Crippen LogP contribution in [0.5, 0.6) is 0 Å². The lowest BCUT2D eigenvalue weighted by atomic mass is 10.0. The summed E-state index contributed by atoms with van der Waals surface area (Å²) in [6, 6.07) is 6.83. The van der Waals surface area contributed by atoms with Crippen molar-refractivity contribution in [2.45, 2.75) is 32.1 Å². The van der Waals surface area contributed by atoms with Crippen LogP contribution in [0, 0.1) is 11.7 Å². The number of benzene rings is 1. The second kappa shape index (κ2) is 5.44. The molecule has 1 nitrogen and oxygen atoms in total. The van der Waals surface area contributed by atoms with Crippen molar-refractivity contribution in [3.8, 4) is 0 Å². The van der Waals surface area contributed by atoms with E-state index in [1.165, 1.54) is 37.0 Å². The van der Waals surface area contributed by atoms with Crippen molar-refractivity contribution in [2.24, 2.45) is 5.92 Å². The molecule has 1 fully saturated rings. The second-order valence-corrected chi connectivity index (χ2v) is 4.89. The van der Waals surface area contributed by atoms with E-state index in [4.69, 9.17) is 0 Å². The summed E-state index contributed by atoms with van der Waals surface area (Å²) in [5, 5.41) is 3.48. The van der Waals surface area contributed by atoms with E-state index < -0.39 is 0 Å². The Morgan fingerprint density at radius 2 is 2.00 bits per heavy atom. The van der Waals surface area contributed by atoms with Crippen LogP contribution in [0.3, 0.4) is 0 Å². The summed E-state index contributed by atoms with van der Waals surface area (Å²) < 4.78 is 12.7. The fourth-order valence-corrected chi connectivity index (χ4v) is 1.94. The summed E-state index contributed by atoms with van der Waals surface area (Å²) >= 11 is 0. The lowest BCUT2D eigenvalue weighted by molar-refractivity contribution is 0.573. The molecule has 1 atom stereocenters. The van der Waals surface area contributed by atoms with E-state index in [0.717, 1.165) is 19.0 Å². The zero-order chi connectivity index (χ0) is 11.4. The third-order valence-electron chi connectivity index (χ3n) is 3.32. The largest absolute Gasteiger partial charge is 0.316 e. The zero-order valence-electron chi connectivity index (χ0n) is 9.88. The van der Waals surface area contributed by atoms with Crippen molar-refractivity contribution < 1.29 is 4.39 Å². The van der Waals surface area contributed by atoms with Gasteiger partial charge in [-0.05, 0) is 42.5 Å². The van der Waals surface area contributed by atoms with Crippen LogP contribution >= 0.6 is 0 Å². The molecular formula is C14H20FN. The monoisotopic (exact) mass is 221 g/mol. The van der Waals surface area contributed by atoms with E-state index in [1.54, 1.807) is 0 Å². The van der Waals surface area contributed by atoms with Crippen molar-refractivity contribution in [1.29, 1.82) is 0 Å². The molecule has 1 saturated carbocycles. The van der Waals surface area contributed by atoms with Crippen LogP contribution in [0.4, 0.5) is 4.39 Å². The molecular weight excluding hydrogens is 201 g/mol. The van der Waals surface area contributed by atoms with Crippen LogP contribution in [0.2, 0.25) is 0 Å². The molecule has 0 spiro atoms. The highest BCUT2D eigenvalue weighted by Crippen LogP contribution is 2.31. The van der Waals surface area contributed by atoms with Gasteiger partial charge in [0.05, 0.1) is 0 Å². The van der Waals surface area contributed by atoms with Crippen molar-refractivity contribution >= 4 is 0 Å². The van der Waals surface area contributed by atoms with Crippen LogP contribution in [0.1, 0.15) is 37.7 Å².